The van der Waals surface area contributed by atoms with Crippen LogP contribution in [0.5, 0.6) is 0 Å². The third-order valence-corrected chi connectivity index (χ3v) is 1.76. The zero-order chi connectivity index (χ0) is 9.42. The Morgan fingerprint density at radius 1 is 1.54 bits per heavy atom. The van der Waals surface area contributed by atoms with E-state index >= 15 is 0 Å². The number of nitriles is 1. The highest BCUT2D eigenvalue weighted by molar-refractivity contribution is 5.89. The molecule has 64 valence electrons. The molecule has 6 nitrogen and oxygen atoms in total. The van der Waals surface area contributed by atoms with Crippen LogP contribution in [0.25, 0.3) is 11.0 Å². The summed E-state index contributed by atoms with van der Waals surface area (Å²) in [6, 6.07) is 1.85. The zero-order valence-corrected chi connectivity index (χ0v) is 6.46. The molecule has 0 fully saturated rings. The number of hydrogen-bond acceptors (Lipinski definition) is 4. The maximum Gasteiger partial charge on any atom is 0.275 e. The van der Waals surface area contributed by atoms with Crippen LogP contribution in [0.3, 0.4) is 0 Å². The Kier molecular flexibility index (Phi) is 1.33. The lowest BCUT2D eigenvalue weighted by atomic mass is 10.2. The third-order valence-electron chi connectivity index (χ3n) is 1.76. The van der Waals surface area contributed by atoms with Gasteiger partial charge in [0.15, 0.2) is 5.65 Å². The molecular weight excluding hydrogens is 170 g/mol. The molecule has 0 aliphatic heterocycles. The van der Waals surface area contributed by atoms with Crippen molar-refractivity contribution in [3.63, 3.8) is 0 Å². The number of nitrogens with two attached hydrogens (primary N) is 1. The summed E-state index contributed by atoms with van der Waals surface area (Å²) in [5.74, 6) is 0. The number of aromatic amines is 2. The molecule has 4 N–H and O–H groups in total. The third kappa shape index (κ3) is 0.873. The molecular formula is C7H5N5O. The maximum atomic E-state index is 11.2. The lowest BCUT2D eigenvalue weighted by Gasteiger charge is -1.94. The van der Waals surface area contributed by atoms with Crippen molar-refractivity contribution in [2.45, 2.75) is 0 Å². The van der Waals surface area contributed by atoms with Crippen LogP contribution in [0.2, 0.25) is 0 Å². The van der Waals surface area contributed by atoms with Crippen LogP contribution in [-0.2, 0) is 0 Å². The zero-order valence-electron chi connectivity index (χ0n) is 6.46. The van der Waals surface area contributed by atoms with Crippen LogP contribution in [0.1, 0.15) is 5.56 Å². The summed E-state index contributed by atoms with van der Waals surface area (Å²) in [6.07, 6.45) is 1.32. The molecule has 0 unspecified atom stereocenters. The van der Waals surface area contributed by atoms with Crippen LogP contribution in [0, 0.1) is 11.3 Å². The van der Waals surface area contributed by atoms with Crippen molar-refractivity contribution in [1.29, 1.82) is 5.26 Å². The number of aromatic nitrogens is 3. The van der Waals surface area contributed by atoms with Crippen LogP contribution in [-0.4, -0.2) is 15.2 Å². The highest BCUT2D eigenvalue weighted by Crippen LogP contribution is 2.16. The molecule has 0 aliphatic rings. The molecule has 13 heavy (non-hydrogen) atoms. The van der Waals surface area contributed by atoms with Gasteiger partial charge in [0, 0.05) is 6.20 Å². The Balaban J connectivity index is 3.02. The summed E-state index contributed by atoms with van der Waals surface area (Å²) in [4.78, 5) is 15.0. The van der Waals surface area contributed by atoms with Gasteiger partial charge in [-0.25, -0.2) is 4.98 Å². The van der Waals surface area contributed by atoms with Crippen molar-refractivity contribution in [2.24, 2.45) is 0 Å². The van der Waals surface area contributed by atoms with Gasteiger partial charge in [0.05, 0.1) is 11.3 Å². The minimum absolute atomic E-state index is 0.162. The van der Waals surface area contributed by atoms with E-state index in [2.05, 4.69) is 15.2 Å². The van der Waals surface area contributed by atoms with E-state index < -0.39 is 0 Å². The van der Waals surface area contributed by atoms with Crippen molar-refractivity contribution in [2.75, 3.05) is 5.73 Å². The normalized spacial score (nSPS) is 10.1. The highest BCUT2D eigenvalue weighted by Gasteiger charge is 2.09. The second-order valence-corrected chi connectivity index (χ2v) is 2.50. The number of pyridine rings is 1. The lowest BCUT2D eigenvalue weighted by molar-refractivity contribution is 1.06. The Bertz CT molecular complexity index is 558. The molecule has 0 aromatic carbocycles. The van der Waals surface area contributed by atoms with Gasteiger partial charge in [0.2, 0.25) is 0 Å². The average molecular weight is 175 g/mol. The summed E-state index contributed by atoms with van der Waals surface area (Å²) in [7, 11) is 0. The number of rotatable bonds is 0. The van der Waals surface area contributed by atoms with Gasteiger partial charge in [-0.15, -0.1) is 0 Å². The quantitative estimate of drug-likeness (QED) is 0.510. The summed E-state index contributed by atoms with van der Waals surface area (Å²) in [5.41, 5.74) is 5.94. The van der Waals surface area contributed by atoms with E-state index in [0.717, 1.165) is 0 Å². The van der Waals surface area contributed by atoms with Gasteiger partial charge in [0.1, 0.15) is 11.5 Å². The largest absolute Gasteiger partial charge is 0.397 e. The van der Waals surface area contributed by atoms with Gasteiger partial charge in [-0.1, -0.05) is 0 Å². The SMILES string of the molecule is N#Cc1cnc2[nH][nH]c(=O)c2c1N. The number of nitrogen functional groups attached to an aromatic ring is 1. The molecule has 6 heteroatoms. The molecule has 0 saturated carbocycles. The van der Waals surface area contributed by atoms with Gasteiger partial charge in [-0.05, 0) is 0 Å². The van der Waals surface area contributed by atoms with E-state index in [4.69, 9.17) is 11.0 Å². The molecule has 0 atom stereocenters. The molecule has 0 aliphatic carbocycles. The average Bonchev–Trinajstić information content (AvgIpc) is 2.49. The highest BCUT2D eigenvalue weighted by atomic mass is 16.1. The molecule has 2 aromatic heterocycles. The molecule has 0 bridgehead atoms. The Hall–Kier alpha value is -2.29. The molecule has 0 radical (unpaired) electrons. The van der Waals surface area contributed by atoms with E-state index in [1.807, 2.05) is 6.07 Å². The van der Waals surface area contributed by atoms with Gasteiger partial charge in [-0.2, -0.15) is 5.26 Å². The van der Waals surface area contributed by atoms with Crippen molar-refractivity contribution in [1.82, 2.24) is 15.2 Å². The van der Waals surface area contributed by atoms with E-state index in [1.54, 1.807) is 0 Å². The van der Waals surface area contributed by atoms with Gasteiger partial charge in [0.25, 0.3) is 5.56 Å². The number of hydrogen-bond donors (Lipinski definition) is 3. The fourth-order valence-electron chi connectivity index (χ4n) is 1.12. The Labute approximate surface area is 72.0 Å². The predicted molar refractivity (Wildman–Crippen MR) is 45.8 cm³/mol. The summed E-state index contributed by atoms with van der Waals surface area (Å²) >= 11 is 0. The monoisotopic (exact) mass is 175 g/mol. The first kappa shape index (κ1) is 7.36. The number of fused-ring (bicyclic) bond motifs is 1. The first-order valence-corrected chi connectivity index (χ1v) is 3.49. The van der Waals surface area contributed by atoms with Crippen LogP contribution in [0.15, 0.2) is 11.0 Å². The summed E-state index contributed by atoms with van der Waals surface area (Å²) < 4.78 is 0. The van der Waals surface area contributed by atoms with Crippen LogP contribution in [0.4, 0.5) is 5.69 Å². The van der Waals surface area contributed by atoms with Gasteiger partial charge < -0.3 is 5.73 Å². The Morgan fingerprint density at radius 3 is 3.00 bits per heavy atom. The minimum Gasteiger partial charge on any atom is -0.397 e. The lowest BCUT2D eigenvalue weighted by Crippen LogP contribution is -2.02. The minimum atomic E-state index is -0.364. The summed E-state index contributed by atoms with van der Waals surface area (Å²) in [6.45, 7) is 0. The second-order valence-electron chi connectivity index (χ2n) is 2.50. The number of H-pyrrole nitrogens is 2. The fourth-order valence-corrected chi connectivity index (χ4v) is 1.12. The van der Waals surface area contributed by atoms with Crippen molar-refractivity contribution < 1.29 is 0 Å². The first-order valence-electron chi connectivity index (χ1n) is 3.49. The van der Waals surface area contributed by atoms with Crippen LogP contribution >= 0.6 is 0 Å². The topological polar surface area (TPSA) is 111 Å². The molecule has 2 rings (SSSR count). The number of anilines is 1. The second kappa shape index (κ2) is 2.35. The maximum absolute atomic E-state index is 11.2. The standard InChI is InChI=1S/C7H5N5O/c8-1-3-2-10-6-4(5(3)9)7(13)12-11-6/h2H,(H4,9,10,11,12,13). The summed E-state index contributed by atoms with van der Waals surface area (Å²) in [5, 5.41) is 13.7. The molecule has 0 spiro atoms. The van der Waals surface area contributed by atoms with Gasteiger partial charge >= 0.3 is 0 Å². The fraction of sp³-hybridized carbons (Fsp3) is 0. The van der Waals surface area contributed by atoms with Crippen molar-refractivity contribution >= 4 is 16.7 Å². The van der Waals surface area contributed by atoms with E-state index in [9.17, 15) is 4.79 Å². The van der Waals surface area contributed by atoms with Crippen molar-refractivity contribution in [3.8, 4) is 6.07 Å². The Morgan fingerprint density at radius 2 is 2.31 bits per heavy atom. The first-order chi connectivity index (χ1) is 6.24. The molecule has 0 amide bonds. The van der Waals surface area contributed by atoms with Crippen molar-refractivity contribution in [3.05, 3.63) is 22.1 Å². The smallest absolute Gasteiger partial charge is 0.275 e. The number of nitrogens with one attached hydrogen (secondary N) is 2. The van der Waals surface area contributed by atoms with E-state index in [1.165, 1.54) is 6.20 Å². The molecule has 2 heterocycles. The number of nitrogens with zero attached hydrogens (tertiary/aromatic N) is 2. The van der Waals surface area contributed by atoms with E-state index in [-0.39, 0.29) is 22.2 Å². The van der Waals surface area contributed by atoms with Crippen LogP contribution < -0.4 is 11.3 Å². The molecule has 2 aromatic rings. The predicted octanol–water partition coefficient (Wildman–Crippen LogP) is -0.295. The van der Waals surface area contributed by atoms with Gasteiger partial charge in [-0.3, -0.25) is 15.0 Å². The van der Waals surface area contributed by atoms with E-state index in [0.29, 0.717) is 5.65 Å². The molecule has 0 saturated heterocycles.